The number of aromatic hydroxyl groups is 1. The van der Waals surface area contributed by atoms with E-state index < -0.39 is 6.36 Å². The molecule has 0 radical (unpaired) electrons. The molecular formula is C15H12F3NO3S. The molecule has 4 nitrogen and oxygen atoms in total. The molecule has 0 aliphatic rings. The Morgan fingerprint density at radius 1 is 1.09 bits per heavy atom. The molecule has 23 heavy (non-hydrogen) atoms. The fourth-order valence-electron chi connectivity index (χ4n) is 1.63. The van der Waals surface area contributed by atoms with E-state index in [4.69, 9.17) is 5.11 Å². The molecule has 0 aromatic heterocycles. The van der Waals surface area contributed by atoms with Gasteiger partial charge >= 0.3 is 6.36 Å². The molecule has 0 saturated heterocycles. The van der Waals surface area contributed by atoms with E-state index in [1.54, 1.807) is 12.1 Å². The number of hydrogen-bond donors (Lipinski definition) is 2. The molecule has 1 amide bonds. The lowest BCUT2D eigenvalue weighted by Gasteiger charge is -2.10. The first-order valence-electron chi connectivity index (χ1n) is 6.39. The van der Waals surface area contributed by atoms with Gasteiger partial charge in [-0.2, -0.15) is 0 Å². The predicted molar refractivity (Wildman–Crippen MR) is 80.6 cm³/mol. The number of carbonyl (C=O) groups is 1. The summed E-state index contributed by atoms with van der Waals surface area (Å²) in [4.78, 5) is 12.6. The minimum Gasteiger partial charge on any atom is -0.508 e. The van der Waals surface area contributed by atoms with Crippen LogP contribution in [0.25, 0.3) is 0 Å². The summed E-state index contributed by atoms with van der Waals surface area (Å²) < 4.78 is 39.8. The van der Waals surface area contributed by atoms with Crippen molar-refractivity contribution in [2.75, 3.05) is 11.1 Å². The van der Waals surface area contributed by atoms with E-state index in [9.17, 15) is 18.0 Å². The molecule has 122 valence electrons. The van der Waals surface area contributed by atoms with E-state index in [2.05, 4.69) is 10.1 Å². The summed E-state index contributed by atoms with van der Waals surface area (Å²) in [6, 6.07) is 11.3. The lowest BCUT2D eigenvalue weighted by molar-refractivity contribution is -0.274. The van der Waals surface area contributed by atoms with Crippen molar-refractivity contribution in [1.29, 1.82) is 0 Å². The molecule has 2 aromatic rings. The van der Waals surface area contributed by atoms with Crippen molar-refractivity contribution in [3.05, 3.63) is 48.5 Å². The number of halogens is 3. The van der Waals surface area contributed by atoms with Crippen molar-refractivity contribution >= 4 is 23.4 Å². The second kappa shape index (κ2) is 7.28. The first-order chi connectivity index (χ1) is 10.8. The molecule has 8 heteroatoms. The fourth-order valence-corrected chi connectivity index (χ4v) is 2.33. The largest absolute Gasteiger partial charge is 0.573 e. The number of phenols is 1. The standard InChI is InChI=1S/C15H12F3NO3S/c16-15(17,18)22-12-5-1-10(2-6-12)19-14(21)9-23-13-7-3-11(20)4-8-13/h1-8,20H,9H2,(H,19,21). The van der Waals surface area contributed by atoms with Gasteiger partial charge in [-0.1, -0.05) is 0 Å². The molecule has 0 fully saturated rings. The maximum absolute atomic E-state index is 12.0. The Labute approximate surface area is 134 Å². The number of amides is 1. The van der Waals surface area contributed by atoms with Gasteiger partial charge in [-0.05, 0) is 48.5 Å². The van der Waals surface area contributed by atoms with Crippen LogP contribution in [0.15, 0.2) is 53.4 Å². The Balaban J connectivity index is 1.84. The molecule has 0 unspecified atom stereocenters. The molecular weight excluding hydrogens is 331 g/mol. The molecule has 0 heterocycles. The highest BCUT2D eigenvalue weighted by molar-refractivity contribution is 8.00. The van der Waals surface area contributed by atoms with E-state index in [0.29, 0.717) is 5.69 Å². The van der Waals surface area contributed by atoms with Crippen molar-refractivity contribution in [3.63, 3.8) is 0 Å². The van der Waals surface area contributed by atoms with E-state index in [1.807, 2.05) is 0 Å². The molecule has 0 atom stereocenters. The van der Waals surface area contributed by atoms with Gasteiger partial charge in [0.15, 0.2) is 0 Å². The van der Waals surface area contributed by atoms with Gasteiger partial charge in [0.25, 0.3) is 0 Å². The lowest BCUT2D eigenvalue weighted by Crippen LogP contribution is -2.17. The van der Waals surface area contributed by atoms with Crippen molar-refractivity contribution in [2.45, 2.75) is 11.3 Å². The number of rotatable bonds is 5. The van der Waals surface area contributed by atoms with E-state index >= 15 is 0 Å². The number of thioether (sulfide) groups is 1. The van der Waals surface area contributed by atoms with Gasteiger partial charge in [0.1, 0.15) is 11.5 Å². The average molecular weight is 343 g/mol. The van der Waals surface area contributed by atoms with Crippen LogP contribution in [0.5, 0.6) is 11.5 Å². The van der Waals surface area contributed by atoms with Gasteiger partial charge in [0.2, 0.25) is 5.91 Å². The monoisotopic (exact) mass is 343 g/mol. The molecule has 0 spiro atoms. The topological polar surface area (TPSA) is 58.6 Å². The van der Waals surface area contributed by atoms with Crippen LogP contribution in [-0.2, 0) is 4.79 Å². The smallest absolute Gasteiger partial charge is 0.508 e. The maximum Gasteiger partial charge on any atom is 0.573 e. The van der Waals surface area contributed by atoms with Crippen LogP contribution in [0.2, 0.25) is 0 Å². The van der Waals surface area contributed by atoms with Gasteiger partial charge in [0.05, 0.1) is 5.75 Å². The van der Waals surface area contributed by atoms with Crippen LogP contribution in [0, 0.1) is 0 Å². The maximum atomic E-state index is 12.0. The highest BCUT2D eigenvalue weighted by Crippen LogP contribution is 2.24. The quantitative estimate of drug-likeness (QED) is 0.805. The van der Waals surface area contributed by atoms with Crippen molar-refractivity contribution in [2.24, 2.45) is 0 Å². The summed E-state index contributed by atoms with van der Waals surface area (Å²) in [5.41, 5.74) is 0.371. The van der Waals surface area contributed by atoms with Gasteiger partial charge in [0, 0.05) is 10.6 Å². The zero-order valence-corrected chi connectivity index (χ0v) is 12.4. The second-order valence-electron chi connectivity index (χ2n) is 4.40. The predicted octanol–water partition coefficient (Wildman–Crippen LogP) is 4.02. The van der Waals surface area contributed by atoms with Crippen LogP contribution in [-0.4, -0.2) is 23.1 Å². The number of carbonyl (C=O) groups excluding carboxylic acids is 1. The lowest BCUT2D eigenvalue weighted by atomic mass is 10.3. The molecule has 2 N–H and O–H groups in total. The SMILES string of the molecule is O=C(CSc1ccc(O)cc1)Nc1ccc(OC(F)(F)F)cc1. The number of phenolic OH excluding ortho intramolecular Hbond substituents is 1. The van der Waals surface area contributed by atoms with E-state index in [0.717, 1.165) is 17.0 Å². The summed E-state index contributed by atoms with van der Waals surface area (Å²) in [5.74, 6) is -0.382. The number of alkyl halides is 3. The molecule has 0 bridgehead atoms. The Bertz CT molecular complexity index is 657. The van der Waals surface area contributed by atoms with Crippen molar-refractivity contribution in [3.8, 4) is 11.5 Å². The van der Waals surface area contributed by atoms with Crippen LogP contribution in [0.1, 0.15) is 0 Å². The number of ether oxygens (including phenoxy) is 1. The fraction of sp³-hybridized carbons (Fsp3) is 0.133. The highest BCUT2D eigenvalue weighted by atomic mass is 32.2. The zero-order valence-electron chi connectivity index (χ0n) is 11.6. The summed E-state index contributed by atoms with van der Waals surface area (Å²) in [5, 5.41) is 11.7. The van der Waals surface area contributed by atoms with Gasteiger partial charge < -0.3 is 15.2 Å². The number of anilines is 1. The van der Waals surface area contributed by atoms with Gasteiger partial charge in [-0.3, -0.25) is 4.79 Å². The molecule has 0 aliphatic heterocycles. The third kappa shape index (κ3) is 6.11. The number of nitrogens with one attached hydrogen (secondary N) is 1. The van der Waals surface area contributed by atoms with Crippen LogP contribution < -0.4 is 10.1 Å². The van der Waals surface area contributed by atoms with Crippen molar-refractivity contribution < 1.29 is 27.8 Å². The zero-order chi connectivity index (χ0) is 16.9. The Morgan fingerprint density at radius 3 is 2.26 bits per heavy atom. The number of hydrogen-bond acceptors (Lipinski definition) is 4. The third-order valence-electron chi connectivity index (χ3n) is 2.58. The Morgan fingerprint density at radius 2 is 1.70 bits per heavy atom. The molecule has 2 rings (SSSR count). The summed E-state index contributed by atoms with van der Waals surface area (Å²) in [6.45, 7) is 0. The summed E-state index contributed by atoms with van der Waals surface area (Å²) in [7, 11) is 0. The van der Waals surface area contributed by atoms with Crippen LogP contribution in [0.4, 0.5) is 18.9 Å². The first-order valence-corrected chi connectivity index (χ1v) is 7.38. The summed E-state index contributed by atoms with van der Waals surface area (Å²) >= 11 is 1.27. The van der Waals surface area contributed by atoms with Gasteiger partial charge in [-0.15, -0.1) is 24.9 Å². The minimum atomic E-state index is -4.74. The molecule has 2 aromatic carbocycles. The second-order valence-corrected chi connectivity index (χ2v) is 5.45. The molecule has 0 aliphatic carbocycles. The van der Waals surface area contributed by atoms with Crippen LogP contribution >= 0.6 is 11.8 Å². The van der Waals surface area contributed by atoms with Crippen molar-refractivity contribution in [1.82, 2.24) is 0 Å². The normalized spacial score (nSPS) is 11.1. The summed E-state index contributed by atoms with van der Waals surface area (Å²) in [6.07, 6.45) is -4.74. The minimum absolute atomic E-state index is 0.131. The highest BCUT2D eigenvalue weighted by Gasteiger charge is 2.30. The number of benzene rings is 2. The third-order valence-corrected chi connectivity index (χ3v) is 3.59. The Hall–Kier alpha value is -2.35. The first kappa shape index (κ1) is 17.0. The van der Waals surface area contributed by atoms with Crippen LogP contribution in [0.3, 0.4) is 0 Å². The van der Waals surface area contributed by atoms with Gasteiger partial charge in [-0.25, -0.2) is 0 Å². The average Bonchev–Trinajstić information content (AvgIpc) is 2.47. The molecule has 0 saturated carbocycles. The Kier molecular flexibility index (Phi) is 5.38. The van der Waals surface area contributed by atoms with E-state index in [-0.39, 0.29) is 23.2 Å². The van der Waals surface area contributed by atoms with E-state index in [1.165, 1.54) is 36.0 Å².